The number of aliphatic hydroxyl groups excluding tert-OH is 4. The molecule has 1 heterocycles. The fourth-order valence-corrected chi connectivity index (χ4v) is 7.75. The molecule has 0 bridgehead atoms. The molecule has 6 atom stereocenters. The van der Waals surface area contributed by atoms with Gasteiger partial charge in [-0.25, -0.2) is 0 Å². The van der Waals surface area contributed by atoms with Gasteiger partial charge in [0.25, 0.3) is 0 Å². The summed E-state index contributed by atoms with van der Waals surface area (Å²) in [5, 5.41) is 40.3. The van der Waals surface area contributed by atoms with Crippen LogP contribution in [-0.2, 0) is 23.7 Å². The largest absolute Gasteiger partial charge is 0.457 e. The first kappa shape index (κ1) is 60.6. The quantitative estimate of drug-likeness (QED) is 0.0267. The standard InChI is InChI=1S/C56H98O9/c1-3-5-7-9-11-13-15-17-19-21-22-23-24-25-26-27-28-29-31-33-35-37-39-41-43-45-52(58)64-50(49-63-56-55(61)54(60)53(59)51(47-57)65-56)48-62-46-44-42-40-38-36-34-32-30-20-18-16-14-12-10-8-6-4-2/h5,7,11,13-14,16-17,19-20,22-23,30,50-51,53-57,59-61H,3-4,6,8-10,12,15,18,21,24-29,31-49H2,1-2H3/b7-5-,13-11-,16-14-,19-17-,23-22-,30-20-. The lowest BCUT2D eigenvalue weighted by Crippen LogP contribution is -2.59. The summed E-state index contributed by atoms with van der Waals surface area (Å²) in [4.78, 5) is 12.9. The molecule has 1 aliphatic rings. The molecule has 0 spiro atoms. The Kier molecular flexibility index (Phi) is 43.6. The highest BCUT2D eigenvalue weighted by Gasteiger charge is 2.44. The molecule has 0 aromatic heterocycles. The molecule has 0 saturated carbocycles. The first-order valence-electron chi connectivity index (χ1n) is 26.5. The molecular formula is C56H98O9. The lowest BCUT2D eigenvalue weighted by atomic mass is 9.99. The smallest absolute Gasteiger partial charge is 0.306 e. The van der Waals surface area contributed by atoms with Crippen molar-refractivity contribution in [1.29, 1.82) is 0 Å². The van der Waals surface area contributed by atoms with Crippen molar-refractivity contribution >= 4 is 5.97 Å². The molecule has 1 rings (SSSR count). The van der Waals surface area contributed by atoms with Crippen molar-refractivity contribution < 1.29 is 44.2 Å². The SMILES string of the molecule is CC/C=C\C/C=C\C/C=C\C/C=C\CCCCCCCCCCCCCCC(=O)OC(COCCCCCCCC/C=C\C/C=C\CCCCCC)COC1OC(CO)C(O)C(O)C1O. The summed E-state index contributed by atoms with van der Waals surface area (Å²) >= 11 is 0. The average Bonchev–Trinajstić information content (AvgIpc) is 3.31. The highest BCUT2D eigenvalue weighted by Crippen LogP contribution is 2.23. The van der Waals surface area contributed by atoms with E-state index in [9.17, 15) is 25.2 Å². The molecular weight excluding hydrogens is 817 g/mol. The van der Waals surface area contributed by atoms with Gasteiger partial charge in [0, 0.05) is 13.0 Å². The zero-order chi connectivity index (χ0) is 47.1. The molecule has 0 aliphatic carbocycles. The van der Waals surface area contributed by atoms with Crippen LogP contribution in [0, 0.1) is 0 Å². The summed E-state index contributed by atoms with van der Waals surface area (Å²) in [7, 11) is 0. The Morgan fingerprint density at radius 1 is 0.508 bits per heavy atom. The number of unbranched alkanes of at least 4 members (excludes halogenated alkanes) is 22. The number of hydrogen-bond donors (Lipinski definition) is 4. The third-order valence-corrected chi connectivity index (χ3v) is 11.9. The first-order valence-corrected chi connectivity index (χ1v) is 26.5. The van der Waals surface area contributed by atoms with E-state index in [4.69, 9.17) is 18.9 Å². The van der Waals surface area contributed by atoms with Crippen LogP contribution in [-0.4, -0.2) is 89.6 Å². The molecule has 0 aromatic carbocycles. The van der Waals surface area contributed by atoms with E-state index in [2.05, 4.69) is 86.8 Å². The van der Waals surface area contributed by atoms with Crippen molar-refractivity contribution in [2.75, 3.05) is 26.4 Å². The first-order chi connectivity index (χ1) is 31.9. The second-order valence-electron chi connectivity index (χ2n) is 17.9. The second kappa shape index (κ2) is 46.7. The lowest BCUT2D eigenvalue weighted by Gasteiger charge is -2.39. The molecule has 0 radical (unpaired) electrons. The third-order valence-electron chi connectivity index (χ3n) is 11.9. The van der Waals surface area contributed by atoms with Crippen molar-refractivity contribution in [3.63, 3.8) is 0 Å². The van der Waals surface area contributed by atoms with E-state index in [-0.39, 0.29) is 19.2 Å². The summed E-state index contributed by atoms with van der Waals surface area (Å²) in [6, 6.07) is 0. The normalized spacial score (nSPS) is 20.0. The number of allylic oxidation sites excluding steroid dienone is 12. The van der Waals surface area contributed by atoms with E-state index in [1.165, 1.54) is 116 Å². The van der Waals surface area contributed by atoms with Crippen LogP contribution in [0.2, 0.25) is 0 Å². The number of carbonyl (C=O) groups is 1. The van der Waals surface area contributed by atoms with E-state index < -0.39 is 43.4 Å². The maximum absolute atomic E-state index is 12.9. The van der Waals surface area contributed by atoms with Gasteiger partial charge < -0.3 is 39.4 Å². The Labute approximate surface area is 397 Å². The molecule has 65 heavy (non-hydrogen) atoms. The Bertz CT molecular complexity index is 1220. The van der Waals surface area contributed by atoms with Crippen molar-refractivity contribution in [3.8, 4) is 0 Å². The fraction of sp³-hybridized carbons (Fsp3) is 0.768. The molecule has 6 unspecified atom stereocenters. The zero-order valence-corrected chi connectivity index (χ0v) is 41.5. The summed E-state index contributed by atoms with van der Waals surface area (Å²) in [5.74, 6) is -0.321. The number of hydrogen-bond acceptors (Lipinski definition) is 9. The topological polar surface area (TPSA) is 135 Å². The maximum atomic E-state index is 12.9. The zero-order valence-electron chi connectivity index (χ0n) is 41.5. The molecule has 1 aliphatic heterocycles. The Morgan fingerprint density at radius 3 is 1.42 bits per heavy atom. The predicted molar refractivity (Wildman–Crippen MR) is 270 cm³/mol. The van der Waals surface area contributed by atoms with Gasteiger partial charge in [0.2, 0.25) is 0 Å². The van der Waals surface area contributed by atoms with Crippen LogP contribution in [0.5, 0.6) is 0 Å². The maximum Gasteiger partial charge on any atom is 0.306 e. The van der Waals surface area contributed by atoms with Gasteiger partial charge in [-0.05, 0) is 83.5 Å². The van der Waals surface area contributed by atoms with Crippen molar-refractivity contribution in [1.82, 2.24) is 0 Å². The van der Waals surface area contributed by atoms with Crippen molar-refractivity contribution in [2.45, 2.75) is 250 Å². The number of carbonyl (C=O) groups excluding carboxylic acids is 1. The monoisotopic (exact) mass is 915 g/mol. The summed E-state index contributed by atoms with van der Waals surface area (Å²) in [6.07, 6.45) is 55.0. The van der Waals surface area contributed by atoms with E-state index in [1.54, 1.807) is 0 Å². The number of ether oxygens (including phenoxy) is 4. The minimum absolute atomic E-state index is 0.121. The van der Waals surface area contributed by atoms with Crippen LogP contribution in [0.25, 0.3) is 0 Å². The third kappa shape index (κ3) is 37.3. The van der Waals surface area contributed by atoms with E-state index in [0.29, 0.717) is 13.0 Å². The van der Waals surface area contributed by atoms with Crippen LogP contribution in [0.3, 0.4) is 0 Å². The van der Waals surface area contributed by atoms with Crippen LogP contribution >= 0.6 is 0 Å². The molecule has 376 valence electrons. The van der Waals surface area contributed by atoms with Crippen LogP contribution in [0.15, 0.2) is 72.9 Å². The lowest BCUT2D eigenvalue weighted by molar-refractivity contribution is -0.305. The Balaban J connectivity index is 2.19. The van der Waals surface area contributed by atoms with Crippen molar-refractivity contribution in [3.05, 3.63) is 72.9 Å². The summed E-state index contributed by atoms with van der Waals surface area (Å²) < 4.78 is 22.9. The fourth-order valence-electron chi connectivity index (χ4n) is 7.75. The highest BCUT2D eigenvalue weighted by atomic mass is 16.7. The number of rotatable bonds is 45. The number of aliphatic hydroxyl groups is 4. The molecule has 0 amide bonds. The van der Waals surface area contributed by atoms with Gasteiger partial charge in [0.1, 0.15) is 30.5 Å². The molecule has 1 fully saturated rings. The van der Waals surface area contributed by atoms with Crippen LogP contribution in [0.4, 0.5) is 0 Å². The highest BCUT2D eigenvalue weighted by molar-refractivity contribution is 5.69. The minimum atomic E-state index is -1.54. The van der Waals surface area contributed by atoms with Gasteiger partial charge in [-0.2, -0.15) is 0 Å². The van der Waals surface area contributed by atoms with Gasteiger partial charge in [-0.3, -0.25) is 4.79 Å². The summed E-state index contributed by atoms with van der Waals surface area (Å²) in [6.45, 7) is 4.41. The van der Waals surface area contributed by atoms with Gasteiger partial charge in [0.15, 0.2) is 6.29 Å². The van der Waals surface area contributed by atoms with Gasteiger partial charge in [-0.1, -0.05) is 196 Å². The summed E-state index contributed by atoms with van der Waals surface area (Å²) in [5.41, 5.74) is 0. The minimum Gasteiger partial charge on any atom is -0.457 e. The van der Waals surface area contributed by atoms with Gasteiger partial charge in [0.05, 0.1) is 19.8 Å². The molecule has 4 N–H and O–H groups in total. The second-order valence-corrected chi connectivity index (χ2v) is 17.9. The molecule has 1 saturated heterocycles. The average molecular weight is 915 g/mol. The Hall–Kier alpha value is -2.37. The number of esters is 1. The molecule has 0 aromatic rings. The van der Waals surface area contributed by atoms with Crippen molar-refractivity contribution in [2.24, 2.45) is 0 Å². The molecule has 9 heteroatoms. The Morgan fingerprint density at radius 2 is 0.938 bits per heavy atom. The van der Waals surface area contributed by atoms with Crippen LogP contribution in [0.1, 0.15) is 213 Å². The molecule has 9 nitrogen and oxygen atoms in total. The van der Waals surface area contributed by atoms with Gasteiger partial charge in [-0.15, -0.1) is 0 Å². The van der Waals surface area contributed by atoms with Gasteiger partial charge >= 0.3 is 5.97 Å². The van der Waals surface area contributed by atoms with E-state index in [0.717, 1.165) is 77.0 Å². The van der Waals surface area contributed by atoms with E-state index >= 15 is 0 Å². The van der Waals surface area contributed by atoms with E-state index in [1.807, 2.05) is 0 Å². The van der Waals surface area contributed by atoms with Crippen LogP contribution < -0.4 is 0 Å². The predicted octanol–water partition coefficient (Wildman–Crippen LogP) is 13.2.